The van der Waals surface area contributed by atoms with Gasteiger partial charge in [0.25, 0.3) is 5.91 Å². The molecular formula is C22H22N2O4S. The lowest BCUT2D eigenvalue weighted by Crippen LogP contribution is -2.56. The van der Waals surface area contributed by atoms with Crippen LogP contribution in [0.1, 0.15) is 40.7 Å². The highest BCUT2D eigenvalue weighted by atomic mass is 32.2. The first-order valence-corrected chi connectivity index (χ1v) is 10.3. The summed E-state index contributed by atoms with van der Waals surface area (Å²) in [6, 6.07) is 14.7. The standard InChI is InChI=1S/C22H22N2O4S/c1-22(2)17(24-19(26)14-10-6-7-11-15(14)20(24)29-22)18(25)23-16(21(27)28)12-13-8-4-3-5-9-13/h3-11,16-17,20H,12H2,1-2H3,(H,23,25)(H,27,28). The lowest BCUT2D eigenvalue weighted by molar-refractivity contribution is -0.142. The van der Waals surface area contributed by atoms with E-state index in [1.807, 2.05) is 62.4 Å². The number of benzene rings is 2. The quantitative estimate of drug-likeness (QED) is 0.792. The van der Waals surface area contributed by atoms with Crippen molar-refractivity contribution in [3.8, 4) is 0 Å². The Morgan fingerprint density at radius 3 is 2.48 bits per heavy atom. The maximum absolute atomic E-state index is 13.2. The van der Waals surface area contributed by atoms with Gasteiger partial charge >= 0.3 is 5.97 Å². The van der Waals surface area contributed by atoms with Crippen molar-refractivity contribution in [3.05, 3.63) is 71.3 Å². The molecule has 2 aliphatic heterocycles. The second kappa shape index (κ2) is 7.22. The fourth-order valence-electron chi connectivity index (χ4n) is 4.11. The fourth-order valence-corrected chi connectivity index (χ4v) is 5.69. The van der Waals surface area contributed by atoms with E-state index in [1.54, 1.807) is 22.7 Å². The normalized spacial score (nSPS) is 22.7. The van der Waals surface area contributed by atoms with Crippen LogP contribution in [-0.2, 0) is 16.0 Å². The van der Waals surface area contributed by atoms with E-state index in [9.17, 15) is 19.5 Å². The van der Waals surface area contributed by atoms with Crippen molar-refractivity contribution >= 4 is 29.5 Å². The second-order valence-corrected chi connectivity index (χ2v) is 9.60. The minimum atomic E-state index is -1.10. The molecule has 0 aliphatic carbocycles. The third-order valence-electron chi connectivity index (χ3n) is 5.44. The highest BCUT2D eigenvalue weighted by molar-refractivity contribution is 8.01. The summed E-state index contributed by atoms with van der Waals surface area (Å²) in [5.41, 5.74) is 2.34. The van der Waals surface area contributed by atoms with Crippen LogP contribution in [0.3, 0.4) is 0 Å². The summed E-state index contributed by atoms with van der Waals surface area (Å²) >= 11 is 1.56. The summed E-state index contributed by atoms with van der Waals surface area (Å²) in [7, 11) is 0. The zero-order valence-corrected chi connectivity index (χ0v) is 17.0. The van der Waals surface area contributed by atoms with E-state index in [4.69, 9.17) is 0 Å². The number of fused-ring (bicyclic) bond motifs is 3. The number of aliphatic carboxylic acids is 1. The number of hydrogen-bond donors (Lipinski definition) is 2. The number of carbonyl (C=O) groups is 3. The molecule has 4 rings (SSSR count). The maximum atomic E-state index is 13.2. The van der Waals surface area contributed by atoms with E-state index in [0.717, 1.165) is 11.1 Å². The van der Waals surface area contributed by atoms with Crippen molar-refractivity contribution in [3.63, 3.8) is 0 Å². The molecule has 3 atom stereocenters. The minimum absolute atomic E-state index is 0.180. The lowest BCUT2D eigenvalue weighted by atomic mass is 9.99. The van der Waals surface area contributed by atoms with Gasteiger partial charge in [-0.3, -0.25) is 9.59 Å². The van der Waals surface area contributed by atoms with Crippen LogP contribution in [0.25, 0.3) is 0 Å². The number of carbonyl (C=O) groups excluding carboxylic acids is 2. The number of nitrogens with one attached hydrogen (secondary N) is 1. The molecule has 2 aromatic carbocycles. The topological polar surface area (TPSA) is 86.7 Å². The lowest BCUT2D eigenvalue weighted by Gasteiger charge is -2.30. The zero-order valence-electron chi connectivity index (χ0n) is 16.2. The van der Waals surface area contributed by atoms with Crippen LogP contribution in [-0.4, -0.2) is 44.6 Å². The zero-order chi connectivity index (χ0) is 20.8. The Balaban J connectivity index is 1.59. The molecule has 0 bridgehead atoms. The molecule has 0 radical (unpaired) electrons. The van der Waals surface area contributed by atoms with Gasteiger partial charge in [0.15, 0.2) is 0 Å². The van der Waals surface area contributed by atoms with Crippen molar-refractivity contribution < 1.29 is 19.5 Å². The molecule has 0 spiro atoms. The SMILES string of the molecule is CC1(C)SC2c3ccccc3C(=O)N2C1C(=O)NC(Cc1ccccc1)C(=O)O. The molecule has 6 nitrogen and oxygen atoms in total. The molecule has 3 unspecified atom stereocenters. The van der Waals surface area contributed by atoms with Crippen molar-refractivity contribution in [1.29, 1.82) is 0 Å². The van der Waals surface area contributed by atoms with Gasteiger partial charge in [0, 0.05) is 16.7 Å². The first-order chi connectivity index (χ1) is 13.8. The molecule has 29 heavy (non-hydrogen) atoms. The van der Waals surface area contributed by atoms with E-state index >= 15 is 0 Å². The summed E-state index contributed by atoms with van der Waals surface area (Å²) in [6.07, 6.45) is 0.180. The van der Waals surface area contributed by atoms with E-state index in [0.29, 0.717) is 5.56 Å². The summed E-state index contributed by atoms with van der Waals surface area (Å²) < 4.78 is -0.548. The molecule has 1 fully saturated rings. The minimum Gasteiger partial charge on any atom is -0.480 e. The Labute approximate surface area is 173 Å². The van der Waals surface area contributed by atoms with Crippen LogP contribution in [0.4, 0.5) is 0 Å². The Morgan fingerprint density at radius 2 is 1.79 bits per heavy atom. The first kappa shape index (κ1) is 19.5. The Morgan fingerprint density at radius 1 is 1.14 bits per heavy atom. The van der Waals surface area contributed by atoms with Gasteiger partial charge in [0.1, 0.15) is 17.5 Å². The molecular weight excluding hydrogens is 388 g/mol. The molecule has 0 saturated carbocycles. The summed E-state index contributed by atoms with van der Waals surface area (Å²) in [5, 5.41) is 12.1. The number of carboxylic acid groups (broad SMARTS) is 1. The van der Waals surface area contributed by atoms with Crippen molar-refractivity contribution in [2.45, 2.75) is 42.5 Å². The number of hydrogen-bond acceptors (Lipinski definition) is 4. The van der Waals surface area contributed by atoms with Gasteiger partial charge in [-0.2, -0.15) is 0 Å². The van der Waals surface area contributed by atoms with E-state index < -0.39 is 28.7 Å². The van der Waals surface area contributed by atoms with Crippen molar-refractivity contribution in [2.24, 2.45) is 0 Å². The van der Waals surface area contributed by atoms with Crippen molar-refractivity contribution in [2.75, 3.05) is 0 Å². The number of thioether (sulfide) groups is 1. The van der Waals surface area contributed by atoms with E-state index in [2.05, 4.69) is 5.32 Å². The second-order valence-electron chi connectivity index (χ2n) is 7.87. The number of amides is 2. The molecule has 2 aliphatic rings. The van der Waals surface area contributed by atoms with Gasteiger partial charge < -0.3 is 15.3 Å². The predicted molar refractivity (Wildman–Crippen MR) is 111 cm³/mol. The average Bonchev–Trinajstić information content (AvgIpc) is 3.12. The van der Waals surface area contributed by atoms with Gasteiger partial charge in [-0.15, -0.1) is 11.8 Å². The molecule has 1 saturated heterocycles. The maximum Gasteiger partial charge on any atom is 0.326 e. The third-order valence-corrected chi connectivity index (χ3v) is 6.98. The summed E-state index contributed by atoms with van der Waals surface area (Å²) in [6.45, 7) is 3.84. The van der Waals surface area contributed by atoms with Crippen LogP contribution in [0, 0.1) is 0 Å². The van der Waals surface area contributed by atoms with E-state index in [1.165, 1.54) is 0 Å². The summed E-state index contributed by atoms with van der Waals surface area (Å²) in [4.78, 5) is 39.6. The number of carboxylic acids is 1. The Kier molecular flexibility index (Phi) is 4.86. The average molecular weight is 410 g/mol. The molecule has 7 heteroatoms. The van der Waals surface area contributed by atoms with Gasteiger partial charge in [0.2, 0.25) is 5.91 Å². The first-order valence-electron chi connectivity index (χ1n) is 9.46. The van der Waals surface area contributed by atoms with Gasteiger partial charge in [-0.05, 0) is 31.0 Å². The Hall–Kier alpha value is -2.80. The molecule has 0 aromatic heterocycles. The largest absolute Gasteiger partial charge is 0.480 e. The monoisotopic (exact) mass is 410 g/mol. The predicted octanol–water partition coefficient (Wildman–Crippen LogP) is 2.85. The van der Waals surface area contributed by atoms with Gasteiger partial charge in [0.05, 0.1) is 0 Å². The molecule has 2 aromatic rings. The molecule has 2 N–H and O–H groups in total. The van der Waals surface area contributed by atoms with Crippen molar-refractivity contribution in [1.82, 2.24) is 10.2 Å². The van der Waals surface area contributed by atoms with Gasteiger partial charge in [-0.25, -0.2) is 4.79 Å². The third kappa shape index (κ3) is 3.40. The molecule has 150 valence electrons. The highest BCUT2D eigenvalue weighted by Gasteiger charge is 2.57. The molecule has 2 heterocycles. The summed E-state index contributed by atoms with van der Waals surface area (Å²) in [5.74, 6) is -1.72. The smallest absolute Gasteiger partial charge is 0.326 e. The number of nitrogens with zero attached hydrogens (tertiary/aromatic N) is 1. The van der Waals surface area contributed by atoms with Crippen LogP contribution in [0.5, 0.6) is 0 Å². The van der Waals surface area contributed by atoms with Crippen LogP contribution >= 0.6 is 11.8 Å². The highest BCUT2D eigenvalue weighted by Crippen LogP contribution is 2.56. The van der Waals surface area contributed by atoms with Crippen LogP contribution in [0.15, 0.2) is 54.6 Å². The fraction of sp³-hybridized carbons (Fsp3) is 0.318. The molecule has 2 amide bonds. The van der Waals surface area contributed by atoms with Crippen LogP contribution < -0.4 is 5.32 Å². The van der Waals surface area contributed by atoms with E-state index in [-0.39, 0.29) is 17.7 Å². The number of rotatable bonds is 5. The van der Waals surface area contributed by atoms with Gasteiger partial charge in [-0.1, -0.05) is 48.5 Å². The Bertz CT molecular complexity index is 976. The van der Waals surface area contributed by atoms with Crippen LogP contribution in [0.2, 0.25) is 0 Å².